The highest BCUT2D eigenvalue weighted by molar-refractivity contribution is 5.93. The molecule has 0 aromatic carbocycles. The van der Waals surface area contributed by atoms with Gasteiger partial charge in [0.15, 0.2) is 5.57 Å². The normalized spacial score (nSPS) is 11.5. The molecule has 0 saturated heterocycles. The van der Waals surface area contributed by atoms with Crippen LogP contribution in [0.2, 0.25) is 0 Å². The van der Waals surface area contributed by atoms with Crippen molar-refractivity contribution in [3.05, 3.63) is 35.4 Å². The Hall–Kier alpha value is -2.26. The van der Waals surface area contributed by atoms with E-state index in [9.17, 15) is 10.1 Å². The molecule has 6 nitrogen and oxygen atoms in total. The van der Waals surface area contributed by atoms with E-state index in [1.54, 1.807) is 12.3 Å². The first kappa shape index (κ1) is 17.8. The van der Waals surface area contributed by atoms with E-state index < -0.39 is 5.97 Å². The summed E-state index contributed by atoms with van der Waals surface area (Å²) in [6.45, 7) is 5.27. The highest BCUT2D eigenvalue weighted by Gasteiger charge is 2.16. The molecule has 1 heterocycles. The third kappa shape index (κ3) is 6.02. The summed E-state index contributed by atoms with van der Waals surface area (Å²) in [5.74, 6) is 0.105. The van der Waals surface area contributed by atoms with E-state index in [2.05, 4.69) is 5.32 Å². The zero-order valence-electron chi connectivity index (χ0n) is 13.1. The summed E-state index contributed by atoms with van der Waals surface area (Å²) in [6, 6.07) is 5.54. The molecule has 0 amide bonds. The van der Waals surface area contributed by atoms with Gasteiger partial charge in [0.1, 0.15) is 18.4 Å². The molecule has 1 N–H and O–H groups in total. The first-order valence-electron chi connectivity index (χ1n) is 7.37. The second kappa shape index (κ2) is 10.5. The van der Waals surface area contributed by atoms with Crippen LogP contribution in [0.1, 0.15) is 32.4 Å². The van der Waals surface area contributed by atoms with Crippen molar-refractivity contribution in [2.75, 3.05) is 19.8 Å². The Labute approximate surface area is 130 Å². The number of ether oxygens (including phenoxy) is 2. The van der Waals surface area contributed by atoms with E-state index in [1.807, 2.05) is 26.0 Å². The van der Waals surface area contributed by atoms with Crippen molar-refractivity contribution < 1.29 is 18.7 Å². The number of carbonyl (C=O) groups is 1. The fraction of sp³-hybridized carbons (Fsp3) is 0.500. The molecule has 0 aliphatic carbocycles. The van der Waals surface area contributed by atoms with Gasteiger partial charge in [-0.15, -0.1) is 0 Å². The SMILES string of the molecule is CCC/C(NCc1ccco1)=C(/C#N)C(=O)OCCOCC. The molecule has 0 aliphatic heterocycles. The van der Waals surface area contributed by atoms with E-state index in [-0.39, 0.29) is 12.2 Å². The minimum atomic E-state index is -0.627. The van der Waals surface area contributed by atoms with Gasteiger partial charge in [-0.05, 0) is 25.5 Å². The molecule has 22 heavy (non-hydrogen) atoms. The van der Waals surface area contributed by atoms with Crippen LogP contribution in [0.15, 0.2) is 34.1 Å². The fourth-order valence-electron chi connectivity index (χ4n) is 1.80. The lowest BCUT2D eigenvalue weighted by atomic mass is 10.1. The molecule has 0 radical (unpaired) electrons. The van der Waals surface area contributed by atoms with Gasteiger partial charge in [0, 0.05) is 12.3 Å². The highest BCUT2D eigenvalue weighted by atomic mass is 16.6. The van der Waals surface area contributed by atoms with E-state index in [4.69, 9.17) is 13.9 Å². The quantitative estimate of drug-likeness (QED) is 0.309. The van der Waals surface area contributed by atoms with Gasteiger partial charge in [-0.3, -0.25) is 0 Å². The first-order chi connectivity index (χ1) is 10.7. The Bertz CT molecular complexity index is 515. The second-order valence-corrected chi connectivity index (χ2v) is 4.48. The minimum Gasteiger partial charge on any atom is -0.467 e. The van der Waals surface area contributed by atoms with Gasteiger partial charge in [-0.25, -0.2) is 4.79 Å². The smallest absolute Gasteiger partial charge is 0.350 e. The third-order valence-electron chi connectivity index (χ3n) is 2.84. The number of nitrogens with zero attached hydrogens (tertiary/aromatic N) is 1. The summed E-state index contributed by atoms with van der Waals surface area (Å²) in [6.07, 6.45) is 2.97. The zero-order chi connectivity index (χ0) is 16.2. The Morgan fingerprint density at radius 3 is 2.82 bits per heavy atom. The van der Waals surface area contributed by atoms with Crippen molar-refractivity contribution >= 4 is 5.97 Å². The highest BCUT2D eigenvalue weighted by Crippen LogP contribution is 2.11. The molecule has 0 unspecified atom stereocenters. The van der Waals surface area contributed by atoms with Crippen LogP contribution in [0.25, 0.3) is 0 Å². The lowest BCUT2D eigenvalue weighted by Crippen LogP contribution is -2.20. The number of hydrogen-bond acceptors (Lipinski definition) is 6. The van der Waals surface area contributed by atoms with Crippen molar-refractivity contribution in [3.8, 4) is 6.07 Å². The third-order valence-corrected chi connectivity index (χ3v) is 2.84. The van der Waals surface area contributed by atoms with Crippen molar-refractivity contribution in [1.29, 1.82) is 5.26 Å². The lowest BCUT2D eigenvalue weighted by molar-refractivity contribution is -0.140. The summed E-state index contributed by atoms with van der Waals surface area (Å²) in [5.41, 5.74) is 0.577. The van der Waals surface area contributed by atoms with Gasteiger partial charge in [0.25, 0.3) is 0 Å². The average molecular weight is 306 g/mol. The van der Waals surface area contributed by atoms with Crippen LogP contribution >= 0.6 is 0 Å². The van der Waals surface area contributed by atoms with Crippen LogP contribution in [0, 0.1) is 11.3 Å². The van der Waals surface area contributed by atoms with E-state index in [0.29, 0.717) is 31.9 Å². The fourth-order valence-corrected chi connectivity index (χ4v) is 1.80. The summed E-state index contributed by atoms with van der Waals surface area (Å²) in [5, 5.41) is 12.3. The van der Waals surface area contributed by atoms with Crippen molar-refractivity contribution in [1.82, 2.24) is 5.32 Å². The number of nitriles is 1. The maximum Gasteiger partial charge on any atom is 0.350 e. The number of rotatable bonds is 10. The maximum atomic E-state index is 12.0. The van der Waals surface area contributed by atoms with Gasteiger partial charge >= 0.3 is 5.97 Å². The largest absolute Gasteiger partial charge is 0.467 e. The predicted octanol–water partition coefficient (Wildman–Crippen LogP) is 2.53. The number of carbonyl (C=O) groups excluding carboxylic acids is 1. The number of hydrogen-bond donors (Lipinski definition) is 1. The monoisotopic (exact) mass is 306 g/mol. The number of nitrogens with one attached hydrogen (secondary N) is 1. The molecule has 0 bridgehead atoms. The molecule has 0 saturated carbocycles. The predicted molar refractivity (Wildman–Crippen MR) is 80.5 cm³/mol. The van der Waals surface area contributed by atoms with Gasteiger partial charge in [0.2, 0.25) is 0 Å². The van der Waals surface area contributed by atoms with Gasteiger partial charge in [-0.1, -0.05) is 13.3 Å². The van der Waals surface area contributed by atoms with Crippen LogP contribution < -0.4 is 5.32 Å². The van der Waals surface area contributed by atoms with Gasteiger partial charge in [0.05, 0.1) is 19.4 Å². The topological polar surface area (TPSA) is 84.5 Å². The Morgan fingerprint density at radius 1 is 1.41 bits per heavy atom. The second-order valence-electron chi connectivity index (χ2n) is 4.48. The van der Waals surface area contributed by atoms with Crippen LogP contribution in [0.3, 0.4) is 0 Å². The number of furan rings is 1. The summed E-state index contributed by atoms with van der Waals surface area (Å²) in [4.78, 5) is 12.0. The standard InChI is InChI=1S/C16H22N2O4/c1-3-6-15(18-12-13-7-5-8-21-13)14(11-17)16(19)22-10-9-20-4-2/h5,7-8,18H,3-4,6,9-10,12H2,1-2H3/b15-14+. The molecule has 1 rings (SSSR count). The zero-order valence-corrected chi connectivity index (χ0v) is 13.1. The molecule has 0 spiro atoms. The van der Waals surface area contributed by atoms with E-state index in [0.717, 1.165) is 12.2 Å². The molecule has 1 aromatic rings. The lowest BCUT2D eigenvalue weighted by Gasteiger charge is -2.12. The van der Waals surface area contributed by atoms with Crippen molar-refractivity contribution in [2.24, 2.45) is 0 Å². The van der Waals surface area contributed by atoms with Gasteiger partial charge < -0.3 is 19.2 Å². The Morgan fingerprint density at radius 2 is 2.23 bits per heavy atom. The van der Waals surface area contributed by atoms with E-state index in [1.165, 1.54) is 0 Å². The molecule has 1 aromatic heterocycles. The van der Waals surface area contributed by atoms with E-state index >= 15 is 0 Å². The van der Waals surface area contributed by atoms with Crippen LogP contribution in [-0.4, -0.2) is 25.8 Å². The van der Waals surface area contributed by atoms with Crippen LogP contribution in [0.5, 0.6) is 0 Å². The molecule has 6 heteroatoms. The minimum absolute atomic E-state index is 0.00454. The summed E-state index contributed by atoms with van der Waals surface area (Å²) in [7, 11) is 0. The van der Waals surface area contributed by atoms with Crippen molar-refractivity contribution in [2.45, 2.75) is 33.2 Å². The molecular weight excluding hydrogens is 284 g/mol. The van der Waals surface area contributed by atoms with Crippen LogP contribution in [-0.2, 0) is 20.8 Å². The number of allylic oxidation sites excluding steroid dienone is 1. The van der Waals surface area contributed by atoms with Gasteiger partial charge in [-0.2, -0.15) is 5.26 Å². The first-order valence-corrected chi connectivity index (χ1v) is 7.37. The summed E-state index contributed by atoms with van der Waals surface area (Å²) < 4.78 is 15.4. The maximum absolute atomic E-state index is 12.0. The van der Waals surface area contributed by atoms with Crippen molar-refractivity contribution in [3.63, 3.8) is 0 Å². The molecular formula is C16H22N2O4. The molecule has 0 atom stereocenters. The molecule has 120 valence electrons. The van der Waals surface area contributed by atoms with Crippen LogP contribution in [0.4, 0.5) is 0 Å². The number of esters is 1. The Balaban J connectivity index is 2.69. The Kier molecular flexibility index (Phi) is 8.46. The average Bonchev–Trinajstić information content (AvgIpc) is 3.03. The summed E-state index contributed by atoms with van der Waals surface area (Å²) >= 11 is 0. The molecule has 0 fully saturated rings. The molecule has 0 aliphatic rings.